The highest BCUT2D eigenvalue weighted by molar-refractivity contribution is 4.81. The molecule has 0 bridgehead atoms. The van der Waals surface area contributed by atoms with Crippen LogP contribution in [-0.2, 0) is 14.2 Å². The number of hydrogen-bond donors (Lipinski definition) is 1. The normalized spacial score (nSPS) is 12.3. The number of nitrogens with two attached hydrogens (primary N) is 1. The molecule has 0 aliphatic heterocycles. The van der Waals surface area contributed by atoms with Crippen LogP contribution in [0.3, 0.4) is 0 Å². The van der Waals surface area contributed by atoms with Crippen molar-refractivity contribution in [3.05, 3.63) is 0 Å². The Kier molecular flexibility index (Phi) is 13.3. The van der Waals surface area contributed by atoms with Crippen LogP contribution in [0, 0.1) is 0 Å². The van der Waals surface area contributed by atoms with Crippen LogP contribution in [0.25, 0.3) is 0 Å². The molecule has 0 rings (SSSR count). The number of rotatable bonds is 15. The zero-order valence-electron chi connectivity index (χ0n) is 14.5. The van der Waals surface area contributed by atoms with Crippen LogP contribution in [0.5, 0.6) is 0 Å². The average Bonchev–Trinajstić information content (AvgIpc) is 2.48. The van der Waals surface area contributed by atoms with Crippen LogP contribution in [-0.4, -0.2) is 69.7 Å². The number of unbranched alkanes of at least 4 members (excludes halogenated alkanes) is 1. The smallest absolute Gasteiger partial charge is 0.0701 e. The molecule has 0 spiro atoms. The van der Waals surface area contributed by atoms with Crippen LogP contribution < -0.4 is 5.73 Å². The molecule has 0 aliphatic rings. The first-order chi connectivity index (χ1) is 10.1. The minimum absolute atomic E-state index is 0.0322. The van der Waals surface area contributed by atoms with Gasteiger partial charge in [-0.3, -0.25) is 4.90 Å². The largest absolute Gasteiger partial charge is 0.379 e. The molecule has 128 valence electrons. The summed E-state index contributed by atoms with van der Waals surface area (Å²) in [5.41, 5.74) is 5.83. The van der Waals surface area contributed by atoms with E-state index in [-0.39, 0.29) is 5.54 Å². The van der Waals surface area contributed by atoms with Gasteiger partial charge in [0.2, 0.25) is 0 Å². The summed E-state index contributed by atoms with van der Waals surface area (Å²) in [5.74, 6) is 0. The maximum Gasteiger partial charge on any atom is 0.0701 e. The van der Waals surface area contributed by atoms with Crippen LogP contribution in [0.4, 0.5) is 0 Å². The summed E-state index contributed by atoms with van der Waals surface area (Å²) in [5, 5.41) is 0. The van der Waals surface area contributed by atoms with Crippen molar-refractivity contribution in [2.75, 3.05) is 59.3 Å². The fourth-order valence-corrected chi connectivity index (χ4v) is 1.98. The standard InChI is InChI=1S/C16H36N2O3/c1-5-7-9-19-11-13-21-14-12-20-10-8-18(6-2)16(3,4)15-17/h5-15,17H2,1-4H3. The molecule has 0 aromatic carbocycles. The first-order valence-electron chi connectivity index (χ1n) is 8.26. The summed E-state index contributed by atoms with van der Waals surface area (Å²) in [6.45, 7) is 15.3. The number of likely N-dealkylation sites (N-methyl/N-ethyl adjacent to an activating group) is 1. The molecule has 0 heterocycles. The Morgan fingerprint density at radius 3 is 1.86 bits per heavy atom. The molecular weight excluding hydrogens is 268 g/mol. The Hall–Kier alpha value is -0.200. The van der Waals surface area contributed by atoms with E-state index in [2.05, 4.69) is 32.6 Å². The van der Waals surface area contributed by atoms with Gasteiger partial charge < -0.3 is 19.9 Å². The van der Waals surface area contributed by atoms with Gasteiger partial charge in [-0.15, -0.1) is 0 Å². The van der Waals surface area contributed by atoms with E-state index in [1.165, 1.54) is 6.42 Å². The van der Waals surface area contributed by atoms with Crippen molar-refractivity contribution in [2.45, 2.75) is 46.1 Å². The topological polar surface area (TPSA) is 57.0 Å². The van der Waals surface area contributed by atoms with Crippen LogP contribution >= 0.6 is 0 Å². The molecule has 5 nitrogen and oxygen atoms in total. The Balaban J connectivity index is 3.39. The van der Waals surface area contributed by atoms with Gasteiger partial charge in [-0.25, -0.2) is 0 Å². The summed E-state index contributed by atoms with van der Waals surface area (Å²) in [7, 11) is 0. The third kappa shape index (κ3) is 11.1. The van der Waals surface area contributed by atoms with Gasteiger partial charge in [0.1, 0.15) is 0 Å². The summed E-state index contributed by atoms with van der Waals surface area (Å²) in [4.78, 5) is 2.34. The third-order valence-electron chi connectivity index (χ3n) is 3.63. The van der Waals surface area contributed by atoms with E-state index in [0.29, 0.717) is 39.6 Å². The quantitative estimate of drug-likeness (QED) is 0.468. The highest BCUT2D eigenvalue weighted by Crippen LogP contribution is 2.11. The molecule has 5 heteroatoms. The molecule has 0 radical (unpaired) electrons. The molecular formula is C16H36N2O3. The lowest BCUT2D eigenvalue weighted by atomic mass is 10.0. The van der Waals surface area contributed by atoms with E-state index in [1.54, 1.807) is 0 Å². The van der Waals surface area contributed by atoms with Crippen molar-refractivity contribution in [3.63, 3.8) is 0 Å². The zero-order chi connectivity index (χ0) is 16.0. The van der Waals surface area contributed by atoms with Gasteiger partial charge in [0.25, 0.3) is 0 Å². The van der Waals surface area contributed by atoms with Gasteiger partial charge in [0, 0.05) is 25.2 Å². The van der Waals surface area contributed by atoms with Gasteiger partial charge in [0.05, 0.1) is 33.0 Å². The highest BCUT2D eigenvalue weighted by atomic mass is 16.5. The SMILES string of the molecule is CCCCOCCOCCOCCN(CC)C(C)(C)CN. The van der Waals surface area contributed by atoms with Crippen LogP contribution in [0.1, 0.15) is 40.5 Å². The number of ether oxygens (including phenoxy) is 3. The van der Waals surface area contributed by atoms with Crippen molar-refractivity contribution in [1.29, 1.82) is 0 Å². The lowest BCUT2D eigenvalue weighted by Gasteiger charge is -2.36. The molecule has 0 atom stereocenters. The zero-order valence-corrected chi connectivity index (χ0v) is 14.5. The molecule has 0 aromatic rings. The van der Waals surface area contributed by atoms with Crippen molar-refractivity contribution < 1.29 is 14.2 Å². The summed E-state index contributed by atoms with van der Waals surface area (Å²) >= 11 is 0. The number of nitrogens with zero attached hydrogens (tertiary/aromatic N) is 1. The summed E-state index contributed by atoms with van der Waals surface area (Å²) < 4.78 is 16.5. The first kappa shape index (κ1) is 20.8. The van der Waals surface area contributed by atoms with Crippen LogP contribution in [0.15, 0.2) is 0 Å². The molecule has 2 N–H and O–H groups in total. The van der Waals surface area contributed by atoms with Gasteiger partial charge in [0.15, 0.2) is 0 Å². The highest BCUT2D eigenvalue weighted by Gasteiger charge is 2.22. The molecule has 0 fully saturated rings. The third-order valence-corrected chi connectivity index (χ3v) is 3.63. The molecule has 0 aromatic heterocycles. The second-order valence-electron chi connectivity index (χ2n) is 5.79. The molecule has 21 heavy (non-hydrogen) atoms. The molecule has 0 amide bonds. The van der Waals surface area contributed by atoms with E-state index in [4.69, 9.17) is 19.9 Å². The van der Waals surface area contributed by atoms with E-state index in [1.807, 2.05) is 0 Å². The number of hydrogen-bond acceptors (Lipinski definition) is 5. The predicted octanol–water partition coefficient (Wildman–Crippen LogP) is 1.90. The maximum atomic E-state index is 5.80. The van der Waals surface area contributed by atoms with Crippen molar-refractivity contribution in [2.24, 2.45) is 5.73 Å². The average molecular weight is 304 g/mol. The van der Waals surface area contributed by atoms with E-state index < -0.39 is 0 Å². The predicted molar refractivity (Wildman–Crippen MR) is 87.7 cm³/mol. The van der Waals surface area contributed by atoms with Crippen molar-refractivity contribution >= 4 is 0 Å². The van der Waals surface area contributed by atoms with Gasteiger partial charge in [-0.05, 0) is 26.8 Å². The fourth-order valence-electron chi connectivity index (χ4n) is 1.98. The Labute approximate surface area is 131 Å². The molecule has 0 saturated heterocycles. The van der Waals surface area contributed by atoms with Gasteiger partial charge >= 0.3 is 0 Å². The second kappa shape index (κ2) is 13.5. The monoisotopic (exact) mass is 304 g/mol. The minimum atomic E-state index is 0.0322. The first-order valence-corrected chi connectivity index (χ1v) is 8.26. The van der Waals surface area contributed by atoms with E-state index >= 15 is 0 Å². The lowest BCUT2D eigenvalue weighted by Crippen LogP contribution is -2.50. The van der Waals surface area contributed by atoms with E-state index in [9.17, 15) is 0 Å². The van der Waals surface area contributed by atoms with Crippen molar-refractivity contribution in [1.82, 2.24) is 4.90 Å². The molecule has 0 saturated carbocycles. The maximum absolute atomic E-state index is 5.80. The summed E-state index contributed by atoms with van der Waals surface area (Å²) in [6.07, 6.45) is 2.29. The van der Waals surface area contributed by atoms with E-state index in [0.717, 1.165) is 26.1 Å². The Bertz CT molecular complexity index is 226. The second-order valence-corrected chi connectivity index (χ2v) is 5.79. The Morgan fingerprint density at radius 1 is 0.857 bits per heavy atom. The van der Waals surface area contributed by atoms with Gasteiger partial charge in [-0.2, -0.15) is 0 Å². The van der Waals surface area contributed by atoms with Crippen LogP contribution in [0.2, 0.25) is 0 Å². The van der Waals surface area contributed by atoms with Gasteiger partial charge in [-0.1, -0.05) is 20.3 Å². The minimum Gasteiger partial charge on any atom is -0.379 e. The Morgan fingerprint density at radius 2 is 1.38 bits per heavy atom. The summed E-state index contributed by atoms with van der Waals surface area (Å²) in [6, 6.07) is 0. The fraction of sp³-hybridized carbons (Fsp3) is 1.00. The van der Waals surface area contributed by atoms with Crippen molar-refractivity contribution in [3.8, 4) is 0 Å². The molecule has 0 unspecified atom stereocenters. The lowest BCUT2D eigenvalue weighted by molar-refractivity contribution is 0.00453. The molecule has 0 aliphatic carbocycles.